The van der Waals surface area contributed by atoms with Crippen LogP contribution >= 0.6 is 11.3 Å². The van der Waals surface area contributed by atoms with E-state index >= 15 is 0 Å². The minimum absolute atomic E-state index is 0.00823. The van der Waals surface area contributed by atoms with Crippen molar-refractivity contribution in [3.8, 4) is 0 Å². The predicted octanol–water partition coefficient (Wildman–Crippen LogP) is 1.02. The van der Waals surface area contributed by atoms with Gasteiger partial charge in [-0.2, -0.15) is 0 Å². The molecule has 2 saturated heterocycles. The van der Waals surface area contributed by atoms with Gasteiger partial charge in [-0.05, 0) is 29.0 Å². The molecule has 0 radical (unpaired) electrons. The van der Waals surface area contributed by atoms with Gasteiger partial charge in [-0.25, -0.2) is 0 Å². The van der Waals surface area contributed by atoms with Crippen LogP contribution in [0, 0.1) is 5.92 Å². The number of nitrogens with zero attached hydrogens (tertiary/aromatic N) is 2. The number of aromatic nitrogens is 1. The number of benzene rings is 1. The maximum absolute atomic E-state index is 13.9. The molecule has 0 bridgehead atoms. The molecular formula is C31H38N6O6S. The second-order valence-electron chi connectivity index (χ2n) is 11.5. The molecule has 5 atom stereocenters. The van der Waals surface area contributed by atoms with Crippen molar-refractivity contribution >= 4 is 51.1 Å². The van der Waals surface area contributed by atoms with Crippen LogP contribution in [0.25, 0.3) is 10.2 Å². The molecule has 0 saturated carbocycles. The summed E-state index contributed by atoms with van der Waals surface area (Å²) in [4.78, 5) is 73.7. The molecule has 2 fully saturated rings. The SMILES string of the molecule is CC[C@H](C)[C@@H]1NC(=O)CN(C(=O)c2cc3sccc3[nH]2)CCNC(=O)[C@H](Cc2ccccc2)NC(=O)[C@@H]2C[C@@H](O)CN2C1=O. The third-order valence-electron chi connectivity index (χ3n) is 8.35. The zero-order valence-corrected chi connectivity index (χ0v) is 25.6. The number of fused-ring (bicyclic) bond motifs is 2. The average molecular weight is 623 g/mol. The van der Waals surface area contributed by atoms with E-state index in [1.165, 1.54) is 21.1 Å². The molecular weight excluding hydrogens is 584 g/mol. The highest BCUT2D eigenvalue weighted by Gasteiger charge is 2.43. The molecule has 5 rings (SSSR count). The Balaban J connectivity index is 1.46. The first-order valence-electron chi connectivity index (χ1n) is 14.9. The number of carbonyl (C=O) groups excluding carboxylic acids is 5. The summed E-state index contributed by atoms with van der Waals surface area (Å²) in [5.74, 6) is -2.79. The second kappa shape index (κ2) is 13.6. The van der Waals surface area contributed by atoms with Gasteiger partial charge in [0.15, 0.2) is 0 Å². The molecule has 0 spiro atoms. The Labute approximate surface area is 259 Å². The fraction of sp³-hybridized carbons (Fsp3) is 0.452. The van der Waals surface area contributed by atoms with Gasteiger partial charge < -0.3 is 35.8 Å². The summed E-state index contributed by atoms with van der Waals surface area (Å²) in [5, 5.41) is 20.8. The van der Waals surface area contributed by atoms with Crippen LogP contribution in [0.5, 0.6) is 0 Å². The summed E-state index contributed by atoms with van der Waals surface area (Å²) in [6, 6.07) is 9.83. The standard InChI is InChI=1S/C31H38N6O6S/c1-3-18(2)27-31(43)37-16-20(38)14-24(37)29(41)34-22(13-19-7-5-4-6-8-19)28(40)32-10-11-36(17-26(39)35-27)30(42)23-15-25-21(33-23)9-12-44-25/h4-9,12,15,18,20,22,24,27,33,38H,3,10-11,13-14,16-17H2,1-2H3,(H,32,40)(H,34,41)(H,35,39)/t18-,20+,22-,24-,27-/m0/s1. The van der Waals surface area contributed by atoms with Crippen LogP contribution in [-0.2, 0) is 25.6 Å². The number of nitrogens with one attached hydrogen (secondary N) is 4. The number of rotatable bonds is 5. The molecule has 234 valence electrons. The summed E-state index contributed by atoms with van der Waals surface area (Å²) < 4.78 is 0.897. The monoisotopic (exact) mass is 622 g/mol. The van der Waals surface area contributed by atoms with Gasteiger partial charge in [0.1, 0.15) is 23.8 Å². The van der Waals surface area contributed by atoms with Crippen LogP contribution in [0.3, 0.4) is 0 Å². The van der Waals surface area contributed by atoms with E-state index in [2.05, 4.69) is 20.9 Å². The van der Waals surface area contributed by atoms with Crippen LogP contribution in [0.4, 0.5) is 0 Å². The first kappa shape index (κ1) is 31.2. The molecule has 12 nitrogen and oxygen atoms in total. The van der Waals surface area contributed by atoms with Gasteiger partial charge in [0, 0.05) is 32.5 Å². The number of carbonyl (C=O) groups is 5. The third kappa shape index (κ3) is 6.94. The summed E-state index contributed by atoms with van der Waals surface area (Å²) in [6.45, 7) is 3.32. The van der Waals surface area contributed by atoms with E-state index < -0.39 is 53.8 Å². The molecule has 0 aliphatic carbocycles. The molecule has 4 heterocycles. The highest BCUT2D eigenvalue weighted by molar-refractivity contribution is 7.17. The minimum atomic E-state index is -1.02. The smallest absolute Gasteiger partial charge is 0.270 e. The number of aliphatic hydroxyl groups excluding tert-OH is 1. The molecule has 44 heavy (non-hydrogen) atoms. The Morgan fingerprint density at radius 3 is 2.59 bits per heavy atom. The average Bonchev–Trinajstić information content (AvgIpc) is 3.73. The summed E-state index contributed by atoms with van der Waals surface area (Å²) >= 11 is 1.48. The highest BCUT2D eigenvalue weighted by Crippen LogP contribution is 2.24. The van der Waals surface area contributed by atoms with Crippen molar-refractivity contribution in [3.05, 3.63) is 59.1 Å². The van der Waals surface area contributed by atoms with Crippen LogP contribution < -0.4 is 16.0 Å². The molecule has 2 aliphatic rings. The lowest BCUT2D eigenvalue weighted by Gasteiger charge is -2.32. The molecule has 0 unspecified atom stereocenters. The molecule has 3 aromatic rings. The van der Waals surface area contributed by atoms with Crippen LogP contribution in [0.1, 0.15) is 42.7 Å². The lowest BCUT2D eigenvalue weighted by atomic mass is 9.97. The zero-order valence-electron chi connectivity index (χ0n) is 24.7. The van der Waals surface area contributed by atoms with Crippen molar-refractivity contribution in [3.63, 3.8) is 0 Å². The van der Waals surface area contributed by atoms with Gasteiger partial charge in [0.05, 0.1) is 22.9 Å². The topological polar surface area (TPSA) is 164 Å². The van der Waals surface area contributed by atoms with Crippen molar-refractivity contribution in [2.24, 2.45) is 5.92 Å². The number of aliphatic hydroxyl groups is 1. The fourth-order valence-electron chi connectivity index (χ4n) is 5.71. The summed E-state index contributed by atoms with van der Waals surface area (Å²) in [5.41, 5.74) is 1.93. The maximum atomic E-state index is 13.9. The van der Waals surface area contributed by atoms with E-state index in [1.807, 2.05) is 55.6 Å². The Hall–Kier alpha value is -4.23. The molecule has 5 N–H and O–H groups in total. The molecule has 13 heteroatoms. The Morgan fingerprint density at radius 1 is 1.09 bits per heavy atom. The van der Waals surface area contributed by atoms with E-state index in [1.54, 1.807) is 6.07 Å². The number of hydrogen-bond donors (Lipinski definition) is 5. The molecule has 2 aromatic heterocycles. The molecule has 1 aromatic carbocycles. The number of aromatic amines is 1. The van der Waals surface area contributed by atoms with Crippen LogP contribution in [0.15, 0.2) is 47.8 Å². The quantitative estimate of drug-likeness (QED) is 0.285. The van der Waals surface area contributed by atoms with E-state index in [-0.39, 0.29) is 44.9 Å². The van der Waals surface area contributed by atoms with Crippen molar-refractivity contribution in [2.75, 3.05) is 26.2 Å². The largest absolute Gasteiger partial charge is 0.391 e. The Morgan fingerprint density at radius 2 is 1.86 bits per heavy atom. The van der Waals surface area contributed by atoms with Gasteiger partial charge in [-0.1, -0.05) is 50.6 Å². The van der Waals surface area contributed by atoms with Crippen LogP contribution in [0.2, 0.25) is 0 Å². The lowest BCUT2D eigenvalue weighted by Crippen LogP contribution is -2.58. The van der Waals surface area contributed by atoms with E-state index in [0.29, 0.717) is 12.1 Å². The number of hydrogen-bond acceptors (Lipinski definition) is 7. The van der Waals surface area contributed by atoms with Crippen molar-refractivity contribution in [2.45, 2.75) is 57.3 Å². The van der Waals surface area contributed by atoms with Gasteiger partial charge in [-0.15, -0.1) is 11.3 Å². The van der Waals surface area contributed by atoms with Crippen molar-refractivity contribution in [1.82, 2.24) is 30.7 Å². The Kier molecular flexibility index (Phi) is 9.64. The number of thiophene rings is 1. The van der Waals surface area contributed by atoms with Gasteiger partial charge in [0.25, 0.3) is 5.91 Å². The van der Waals surface area contributed by atoms with E-state index in [9.17, 15) is 29.1 Å². The van der Waals surface area contributed by atoms with Crippen molar-refractivity contribution in [1.29, 1.82) is 0 Å². The zero-order chi connectivity index (χ0) is 31.4. The van der Waals surface area contributed by atoms with E-state index in [0.717, 1.165) is 15.8 Å². The lowest BCUT2D eigenvalue weighted by molar-refractivity contribution is -0.143. The summed E-state index contributed by atoms with van der Waals surface area (Å²) in [7, 11) is 0. The minimum Gasteiger partial charge on any atom is -0.391 e. The first-order valence-corrected chi connectivity index (χ1v) is 15.8. The Bertz CT molecular complexity index is 1490. The van der Waals surface area contributed by atoms with Gasteiger partial charge in [0.2, 0.25) is 23.6 Å². The molecule has 2 aliphatic heterocycles. The fourth-order valence-corrected chi connectivity index (χ4v) is 6.49. The van der Waals surface area contributed by atoms with Crippen LogP contribution in [-0.4, -0.2) is 99.8 Å². The second-order valence-corrected chi connectivity index (χ2v) is 12.4. The van der Waals surface area contributed by atoms with E-state index in [4.69, 9.17) is 0 Å². The number of amides is 5. The van der Waals surface area contributed by atoms with Gasteiger partial charge >= 0.3 is 0 Å². The highest BCUT2D eigenvalue weighted by atomic mass is 32.1. The third-order valence-corrected chi connectivity index (χ3v) is 9.21. The summed E-state index contributed by atoms with van der Waals surface area (Å²) in [6.07, 6.45) is -0.178. The van der Waals surface area contributed by atoms with Gasteiger partial charge in [-0.3, -0.25) is 24.0 Å². The maximum Gasteiger partial charge on any atom is 0.270 e. The first-order chi connectivity index (χ1) is 21.1. The number of H-pyrrole nitrogens is 1. The van der Waals surface area contributed by atoms with Crippen molar-refractivity contribution < 1.29 is 29.1 Å². The normalized spacial score (nSPS) is 24.6. The predicted molar refractivity (Wildman–Crippen MR) is 165 cm³/mol. The molecule has 5 amide bonds.